The Morgan fingerprint density at radius 3 is 2.60 bits per heavy atom. The lowest BCUT2D eigenvalue weighted by atomic mass is 10.2. The molecule has 0 bridgehead atoms. The van der Waals surface area contributed by atoms with Gasteiger partial charge in [-0.05, 0) is 37.6 Å². The number of benzene rings is 1. The first-order chi connectivity index (χ1) is 9.47. The predicted molar refractivity (Wildman–Crippen MR) is 76.8 cm³/mol. The molecule has 0 fully saturated rings. The van der Waals surface area contributed by atoms with Crippen LogP contribution in [0.1, 0.15) is 35.9 Å². The number of halogens is 1. The van der Waals surface area contributed by atoms with Crippen molar-refractivity contribution < 1.29 is 9.18 Å². The first-order valence-corrected chi connectivity index (χ1v) is 6.47. The largest absolute Gasteiger partial charge is 0.397 e. The fourth-order valence-electron chi connectivity index (χ4n) is 1.99. The molecule has 5 heteroatoms. The molecule has 0 spiro atoms. The highest BCUT2D eigenvalue weighted by Crippen LogP contribution is 2.16. The summed E-state index contributed by atoms with van der Waals surface area (Å²) in [7, 11) is 0. The summed E-state index contributed by atoms with van der Waals surface area (Å²) in [5.74, 6) is -0.485. The molecule has 4 nitrogen and oxygen atoms in total. The lowest BCUT2D eigenvalue weighted by Crippen LogP contribution is -2.25. The van der Waals surface area contributed by atoms with Crippen molar-refractivity contribution in [3.63, 3.8) is 0 Å². The third kappa shape index (κ3) is 3.17. The van der Waals surface area contributed by atoms with Crippen molar-refractivity contribution in [2.24, 2.45) is 0 Å². The Labute approximate surface area is 117 Å². The quantitative estimate of drug-likeness (QED) is 0.901. The van der Waals surface area contributed by atoms with Gasteiger partial charge >= 0.3 is 0 Å². The number of hydrogen-bond donors (Lipinski definition) is 2. The molecule has 0 aliphatic carbocycles. The number of nitrogens with zero attached hydrogens (tertiary/aromatic N) is 1. The van der Waals surface area contributed by atoms with Gasteiger partial charge in [0, 0.05) is 18.8 Å². The number of carbonyl (C=O) groups excluding carboxylic acids is 1. The van der Waals surface area contributed by atoms with Gasteiger partial charge < -0.3 is 15.6 Å². The molecule has 0 unspecified atom stereocenters. The van der Waals surface area contributed by atoms with Gasteiger partial charge in [0.25, 0.3) is 5.91 Å². The molecule has 3 N–H and O–H groups in total. The van der Waals surface area contributed by atoms with Crippen LogP contribution in [-0.2, 0) is 6.54 Å². The lowest BCUT2D eigenvalue weighted by molar-refractivity contribution is 0.0940. The Hall–Kier alpha value is -2.30. The SMILES string of the molecule is CC(C)n1cc(N)cc1C(=O)NCc1ccc(F)cc1. The molecule has 1 aromatic heterocycles. The molecular formula is C15H18FN3O. The van der Waals surface area contributed by atoms with E-state index in [1.807, 2.05) is 18.4 Å². The van der Waals surface area contributed by atoms with E-state index in [2.05, 4.69) is 5.32 Å². The van der Waals surface area contributed by atoms with E-state index in [0.717, 1.165) is 5.56 Å². The highest BCUT2D eigenvalue weighted by Gasteiger charge is 2.14. The second-order valence-electron chi connectivity index (χ2n) is 4.97. The third-order valence-corrected chi connectivity index (χ3v) is 3.03. The van der Waals surface area contributed by atoms with Crippen molar-refractivity contribution in [3.8, 4) is 0 Å². The summed E-state index contributed by atoms with van der Waals surface area (Å²) in [4.78, 5) is 12.2. The maximum Gasteiger partial charge on any atom is 0.268 e. The molecule has 1 aromatic carbocycles. The maximum atomic E-state index is 12.8. The zero-order valence-electron chi connectivity index (χ0n) is 11.6. The van der Waals surface area contributed by atoms with Gasteiger partial charge in [0.1, 0.15) is 11.5 Å². The number of aromatic nitrogens is 1. The molecule has 2 aromatic rings. The predicted octanol–water partition coefficient (Wildman–Crippen LogP) is 2.72. The van der Waals surface area contributed by atoms with Crippen LogP contribution in [0.25, 0.3) is 0 Å². The molecule has 20 heavy (non-hydrogen) atoms. The van der Waals surface area contributed by atoms with Gasteiger partial charge in [-0.1, -0.05) is 12.1 Å². The van der Waals surface area contributed by atoms with Crippen molar-refractivity contribution in [1.82, 2.24) is 9.88 Å². The molecule has 0 saturated heterocycles. The molecule has 1 heterocycles. The van der Waals surface area contributed by atoms with Crippen LogP contribution in [0.2, 0.25) is 0 Å². The average molecular weight is 275 g/mol. The smallest absolute Gasteiger partial charge is 0.268 e. The number of anilines is 1. The second-order valence-corrected chi connectivity index (χ2v) is 4.97. The molecule has 0 atom stereocenters. The van der Waals surface area contributed by atoms with Crippen LogP contribution in [0.3, 0.4) is 0 Å². The average Bonchev–Trinajstić information content (AvgIpc) is 2.80. The maximum absolute atomic E-state index is 12.8. The molecule has 2 rings (SSSR count). The van der Waals surface area contributed by atoms with Crippen LogP contribution < -0.4 is 11.1 Å². The third-order valence-electron chi connectivity index (χ3n) is 3.03. The summed E-state index contributed by atoms with van der Waals surface area (Å²) in [6.07, 6.45) is 1.75. The Balaban J connectivity index is 2.07. The van der Waals surface area contributed by atoms with Crippen LogP contribution in [-0.4, -0.2) is 10.5 Å². The minimum Gasteiger partial charge on any atom is -0.397 e. The van der Waals surface area contributed by atoms with Gasteiger partial charge in [0.05, 0.1) is 5.69 Å². The summed E-state index contributed by atoms with van der Waals surface area (Å²) < 4.78 is 14.6. The van der Waals surface area contributed by atoms with Gasteiger partial charge in [-0.3, -0.25) is 4.79 Å². The Bertz CT molecular complexity index is 602. The van der Waals surface area contributed by atoms with E-state index in [4.69, 9.17) is 5.73 Å². The molecule has 0 radical (unpaired) electrons. The highest BCUT2D eigenvalue weighted by atomic mass is 19.1. The molecular weight excluding hydrogens is 257 g/mol. The van der Waals surface area contributed by atoms with Crippen LogP contribution in [0.4, 0.5) is 10.1 Å². The summed E-state index contributed by atoms with van der Waals surface area (Å²) in [6, 6.07) is 7.84. The summed E-state index contributed by atoms with van der Waals surface area (Å²) >= 11 is 0. The van der Waals surface area contributed by atoms with E-state index < -0.39 is 0 Å². The van der Waals surface area contributed by atoms with Crippen molar-refractivity contribution in [1.29, 1.82) is 0 Å². The van der Waals surface area contributed by atoms with E-state index in [-0.39, 0.29) is 17.8 Å². The fourth-order valence-corrected chi connectivity index (χ4v) is 1.99. The number of nitrogens with one attached hydrogen (secondary N) is 1. The molecule has 106 valence electrons. The van der Waals surface area contributed by atoms with Gasteiger partial charge in [-0.25, -0.2) is 4.39 Å². The number of nitrogens with two attached hydrogens (primary N) is 1. The zero-order chi connectivity index (χ0) is 14.7. The topological polar surface area (TPSA) is 60.0 Å². The lowest BCUT2D eigenvalue weighted by Gasteiger charge is -2.12. The Morgan fingerprint density at radius 1 is 1.35 bits per heavy atom. The molecule has 0 aliphatic heterocycles. The second kappa shape index (κ2) is 5.77. The van der Waals surface area contributed by atoms with E-state index in [1.54, 1.807) is 24.4 Å². The minimum absolute atomic E-state index is 0.152. The molecule has 1 amide bonds. The van der Waals surface area contributed by atoms with Gasteiger partial charge in [0.2, 0.25) is 0 Å². The minimum atomic E-state index is -0.290. The van der Waals surface area contributed by atoms with Crippen molar-refractivity contribution in [3.05, 3.63) is 53.6 Å². The Kier molecular flexibility index (Phi) is 4.08. The zero-order valence-corrected chi connectivity index (χ0v) is 11.6. The number of hydrogen-bond acceptors (Lipinski definition) is 2. The van der Waals surface area contributed by atoms with Gasteiger partial charge in [-0.15, -0.1) is 0 Å². The monoisotopic (exact) mass is 275 g/mol. The molecule has 0 aliphatic rings. The summed E-state index contributed by atoms with van der Waals surface area (Å²) in [6.45, 7) is 4.31. The van der Waals surface area contributed by atoms with E-state index >= 15 is 0 Å². The van der Waals surface area contributed by atoms with Crippen LogP contribution in [0.5, 0.6) is 0 Å². The van der Waals surface area contributed by atoms with Crippen molar-refractivity contribution in [2.75, 3.05) is 5.73 Å². The molecule has 0 saturated carbocycles. The van der Waals surface area contributed by atoms with Crippen molar-refractivity contribution in [2.45, 2.75) is 26.4 Å². The normalized spacial score (nSPS) is 10.8. The number of nitrogen functional groups attached to an aromatic ring is 1. The number of rotatable bonds is 4. The van der Waals surface area contributed by atoms with Crippen LogP contribution >= 0.6 is 0 Å². The standard InChI is InChI=1S/C15H18FN3O/c1-10(2)19-9-13(17)7-14(19)15(20)18-8-11-3-5-12(16)6-4-11/h3-7,9-10H,8,17H2,1-2H3,(H,18,20). The van der Waals surface area contributed by atoms with Crippen LogP contribution in [0.15, 0.2) is 36.5 Å². The Morgan fingerprint density at radius 2 is 2.00 bits per heavy atom. The van der Waals surface area contributed by atoms with Crippen LogP contribution in [0, 0.1) is 5.82 Å². The summed E-state index contributed by atoms with van der Waals surface area (Å²) in [5.41, 5.74) is 7.67. The first kappa shape index (κ1) is 14.1. The number of carbonyl (C=O) groups is 1. The number of amides is 1. The summed E-state index contributed by atoms with van der Waals surface area (Å²) in [5, 5.41) is 2.81. The highest BCUT2D eigenvalue weighted by molar-refractivity contribution is 5.93. The van der Waals surface area contributed by atoms with E-state index in [9.17, 15) is 9.18 Å². The van der Waals surface area contributed by atoms with E-state index in [1.165, 1.54) is 12.1 Å². The van der Waals surface area contributed by atoms with Crippen molar-refractivity contribution >= 4 is 11.6 Å². The first-order valence-electron chi connectivity index (χ1n) is 6.47. The fraction of sp³-hybridized carbons (Fsp3) is 0.267. The van der Waals surface area contributed by atoms with E-state index in [0.29, 0.717) is 17.9 Å². The van der Waals surface area contributed by atoms with Gasteiger partial charge in [-0.2, -0.15) is 0 Å². The van der Waals surface area contributed by atoms with Gasteiger partial charge in [0.15, 0.2) is 0 Å².